The van der Waals surface area contributed by atoms with Crippen molar-refractivity contribution in [3.05, 3.63) is 26.9 Å². The van der Waals surface area contributed by atoms with Crippen LogP contribution in [0.2, 0.25) is 0 Å². The third-order valence-electron chi connectivity index (χ3n) is 3.57. The molecule has 0 aromatic carbocycles. The summed E-state index contributed by atoms with van der Waals surface area (Å²) >= 11 is 6.91. The lowest BCUT2D eigenvalue weighted by Gasteiger charge is -2.36. The molecule has 1 fully saturated rings. The van der Waals surface area contributed by atoms with Crippen LogP contribution >= 0.6 is 31.9 Å². The van der Waals surface area contributed by atoms with Crippen LogP contribution in [0.5, 0.6) is 0 Å². The summed E-state index contributed by atoms with van der Waals surface area (Å²) in [6, 6.07) is 1.58. The molecule has 7 heteroatoms. The van der Waals surface area contributed by atoms with E-state index >= 15 is 0 Å². The van der Waals surface area contributed by atoms with Crippen molar-refractivity contribution in [1.29, 1.82) is 0 Å². The topological polar surface area (TPSA) is 56.7 Å². The van der Waals surface area contributed by atoms with Crippen molar-refractivity contribution in [1.82, 2.24) is 14.8 Å². The van der Waals surface area contributed by atoms with Crippen LogP contribution in [0.25, 0.3) is 0 Å². The Morgan fingerprint density at radius 2 is 2.05 bits per heavy atom. The Bertz CT molecular complexity index is 491. The van der Waals surface area contributed by atoms with Crippen molar-refractivity contribution in [2.45, 2.75) is 19.5 Å². The second-order valence-electron chi connectivity index (χ2n) is 4.91. The van der Waals surface area contributed by atoms with Crippen LogP contribution in [0.1, 0.15) is 12.6 Å². The van der Waals surface area contributed by atoms with E-state index in [1.165, 1.54) is 0 Å². The van der Waals surface area contributed by atoms with Gasteiger partial charge in [0.05, 0.1) is 5.69 Å². The van der Waals surface area contributed by atoms with E-state index in [0.717, 1.165) is 47.4 Å². The van der Waals surface area contributed by atoms with Gasteiger partial charge in [0.2, 0.25) is 0 Å². The number of halogens is 2. The average molecular weight is 407 g/mol. The van der Waals surface area contributed by atoms with Crippen LogP contribution in [0.4, 0.5) is 0 Å². The van der Waals surface area contributed by atoms with E-state index in [1.54, 1.807) is 13.1 Å². The maximum absolute atomic E-state index is 11.0. The van der Waals surface area contributed by atoms with Crippen LogP contribution in [0, 0.1) is 0 Å². The first-order chi connectivity index (χ1) is 9.47. The average Bonchev–Trinajstić information content (AvgIpc) is 2.42. The maximum atomic E-state index is 11.0. The molecule has 1 aliphatic heterocycles. The van der Waals surface area contributed by atoms with Crippen molar-refractivity contribution in [3.8, 4) is 0 Å². The van der Waals surface area contributed by atoms with Crippen LogP contribution in [-0.4, -0.2) is 58.1 Å². The third kappa shape index (κ3) is 4.00. The summed E-state index contributed by atoms with van der Waals surface area (Å²) in [7, 11) is 0. The second-order valence-corrected chi connectivity index (χ2v) is 6.68. The fourth-order valence-electron chi connectivity index (χ4n) is 2.24. The summed E-state index contributed by atoms with van der Waals surface area (Å²) in [6.45, 7) is 5.81. The zero-order valence-corrected chi connectivity index (χ0v) is 14.4. The summed E-state index contributed by atoms with van der Waals surface area (Å²) in [5.74, 6) is -0.754. The van der Waals surface area contributed by atoms with Crippen molar-refractivity contribution >= 4 is 37.8 Å². The van der Waals surface area contributed by atoms with Gasteiger partial charge in [-0.25, -0.2) is 0 Å². The molecule has 0 aliphatic carbocycles. The molecule has 1 aromatic heterocycles. The predicted octanol–water partition coefficient (Wildman–Crippen LogP) is 2.20. The lowest BCUT2D eigenvalue weighted by Crippen LogP contribution is -2.51. The van der Waals surface area contributed by atoms with E-state index in [9.17, 15) is 4.79 Å². The van der Waals surface area contributed by atoms with E-state index in [4.69, 9.17) is 5.11 Å². The fourth-order valence-corrected chi connectivity index (χ4v) is 3.35. The van der Waals surface area contributed by atoms with Gasteiger partial charge in [-0.05, 0) is 44.8 Å². The van der Waals surface area contributed by atoms with Crippen molar-refractivity contribution in [2.75, 3.05) is 26.2 Å². The number of hydrogen-bond donors (Lipinski definition) is 1. The third-order valence-corrected chi connectivity index (χ3v) is 4.69. The van der Waals surface area contributed by atoms with Gasteiger partial charge in [-0.3, -0.25) is 19.6 Å². The Morgan fingerprint density at radius 3 is 2.60 bits per heavy atom. The number of pyridine rings is 1. The van der Waals surface area contributed by atoms with Gasteiger partial charge in [0, 0.05) is 47.9 Å². The van der Waals surface area contributed by atoms with Gasteiger partial charge in [-0.1, -0.05) is 0 Å². The quantitative estimate of drug-likeness (QED) is 0.830. The largest absolute Gasteiger partial charge is 0.480 e. The number of carboxylic acids is 1. The lowest BCUT2D eigenvalue weighted by atomic mass is 10.2. The first-order valence-electron chi connectivity index (χ1n) is 6.46. The first-order valence-corrected chi connectivity index (χ1v) is 8.05. The molecule has 2 rings (SSSR count). The van der Waals surface area contributed by atoms with E-state index < -0.39 is 12.0 Å². The number of hydrogen-bond acceptors (Lipinski definition) is 4. The molecular weight excluding hydrogens is 390 g/mol. The van der Waals surface area contributed by atoms with Crippen molar-refractivity contribution in [3.63, 3.8) is 0 Å². The zero-order valence-electron chi connectivity index (χ0n) is 11.2. The summed E-state index contributed by atoms with van der Waals surface area (Å²) in [4.78, 5) is 19.7. The molecule has 0 amide bonds. The van der Waals surface area contributed by atoms with Gasteiger partial charge in [0.25, 0.3) is 0 Å². The summed E-state index contributed by atoms with van der Waals surface area (Å²) in [5, 5.41) is 9.02. The molecule has 1 atom stereocenters. The van der Waals surface area contributed by atoms with Crippen LogP contribution in [0.3, 0.4) is 0 Å². The molecular formula is C13H17Br2N3O2. The monoisotopic (exact) mass is 405 g/mol. The van der Waals surface area contributed by atoms with Gasteiger partial charge >= 0.3 is 5.97 Å². The van der Waals surface area contributed by atoms with Crippen molar-refractivity contribution in [2.24, 2.45) is 0 Å². The number of aromatic nitrogens is 1. The molecule has 110 valence electrons. The highest BCUT2D eigenvalue weighted by molar-refractivity contribution is 9.11. The molecule has 2 heterocycles. The molecule has 0 bridgehead atoms. The van der Waals surface area contributed by atoms with Crippen LogP contribution in [-0.2, 0) is 11.3 Å². The minimum atomic E-state index is -0.754. The molecule has 20 heavy (non-hydrogen) atoms. The smallest absolute Gasteiger partial charge is 0.320 e. The lowest BCUT2D eigenvalue weighted by molar-refractivity contribution is -0.143. The molecule has 1 saturated heterocycles. The van der Waals surface area contributed by atoms with Crippen LogP contribution in [0.15, 0.2) is 21.2 Å². The van der Waals surface area contributed by atoms with Crippen LogP contribution < -0.4 is 0 Å². The molecule has 5 nitrogen and oxygen atoms in total. The van der Waals surface area contributed by atoms with E-state index in [2.05, 4.69) is 41.7 Å². The fraction of sp³-hybridized carbons (Fsp3) is 0.538. The van der Waals surface area contributed by atoms with E-state index in [0.29, 0.717) is 0 Å². The Kier molecular flexibility index (Phi) is 5.54. The minimum absolute atomic E-state index is 0.408. The number of aliphatic carboxylic acids is 1. The number of carboxylic acid groups (broad SMARTS) is 1. The van der Waals surface area contributed by atoms with Gasteiger partial charge in [-0.15, -0.1) is 0 Å². The normalized spacial score (nSPS) is 18.9. The second kappa shape index (κ2) is 6.98. The number of nitrogens with zero attached hydrogens (tertiary/aromatic N) is 3. The Hall–Kier alpha value is -0.500. The minimum Gasteiger partial charge on any atom is -0.480 e. The number of rotatable bonds is 4. The highest BCUT2D eigenvalue weighted by Crippen LogP contribution is 2.21. The first kappa shape index (κ1) is 15.9. The van der Waals surface area contributed by atoms with E-state index in [-0.39, 0.29) is 0 Å². The molecule has 0 radical (unpaired) electrons. The molecule has 0 spiro atoms. The van der Waals surface area contributed by atoms with Gasteiger partial charge in [0.1, 0.15) is 6.04 Å². The molecule has 0 saturated carbocycles. The molecule has 1 N–H and O–H groups in total. The number of carbonyl (C=O) groups is 1. The maximum Gasteiger partial charge on any atom is 0.320 e. The molecule has 1 unspecified atom stereocenters. The summed E-state index contributed by atoms with van der Waals surface area (Å²) < 4.78 is 1.95. The zero-order chi connectivity index (χ0) is 14.7. The Morgan fingerprint density at radius 1 is 1.40 bits per heavy atom. The van der Waals surface area contributed by atoms with Crippen molar-refractivity contribution < 1.29 is 9.90 Å². The predicted molar refractivity (Wildman–Crippen MR) is 83.6 cm³/mol. The highest BCUT2D eigenvalue weighted by Gasteiger charge is 2.25. The SMILES string of the molecule is CC(C(=O)O)N1CCN(Cc2ncc(Br)cc2Br)CC1. The summed E-state index contributed by atoms with van der Waals surface area (Å²) in [5.41, 5.74) is 1.01. The standard InChI is InChI=1S/C13H17Br2N3O2/c1-9(13(19)20)18-4-2-17(3-5-18)8-12-11(15)6-10(14)7-16-12/h6-7,9H,2-5,8H2,1H3,(H,19,20). The number of piperazine rings is 1. The van der Waals surface area contributed by atoms with Gasteiger partial charge < -0.3 is 5.11 Å². The Labute approximate surface area is 135 Å². The molecule has 1 aromatic rings. The highest BCUT2D eigenvalue weighted by atomic mass is 79.9. The summed E-state index contributed by atoms with van der Waals surface area (Å²) in [6.07, 6.45) is 1.79. The van der Waals surface area contributed by atoms with Gasteiger partial charge in [0.15, 0.2) is 0 Å². The molecule has 1 aliphatic rings. The van der Waals surface area contributed by atoms with Gasteiger partial charge in [-0.2, -0.15) is 0 Å². The van der Waals surface area contributed by atoms with E-state index in [1.807, 2.05) is 11.0 Å². The Balaban J connectivity index is 1.90.